The number of aromatic nitrogens is 3. The standard InChI is InChI=1S/C7H13N3O2S2/c1-3-14(11,12)5-4-10-6(2)8-9-7(10)13/h3-5H2,1-2H3,(H,9,13). The van der Waals surface area contributed by atoms with Gasteiger partial charge in [0.05, 0.1) is 5.75 Å². The molecule has 0 aliphatic heterocycles. The zero-order valence-electron chi connectivity index (χ0n) is 8.15. The fourth-order valence-electron chi connectivity index (χ4n) is 1.03. The van der Waals surface area contributed by atoms with Crippen molar-refractivity contribution in [3.63, 3.8) is 0 Å². The van der Waals surface area contributed by atoms with Crippen molar-refractivity contribution in [2.45, 2.75) is 20.4 Å². The van der Waals surface area contributed by atoms with Gasteiger partial charge in [0, 0.05) is 12.3 Å². The molecule has 0 saturated carbocycles. The number of aromatic amines is 1. The largest absolute Gasteiger partial charge is 0.303 e. The van der Waals surface area contributed by atoms with Crippen LogP contribution in [0.2, 0.25) is 0 Å². The number of sulfone groups is 1. The predicted octanol–water partition coefficient (Wildman–Crippen LogP) is 0.684. The van der Waals surface area contributed by atoms with E-state index < -0.39 is 9.84 Å². The Balaban J connectivity index is 2.77. The highest BCUT2D eigenvalue weighted by atomic mass is 32.2. The van der Waals surface area contributed by atoms with Gasteiger partial charge in [-0.25, -0.2) is 8.42 Å². The Morgan fingerprint density at radius 3 is 2.64 bits per heavy atom. The second kappa shape index (κ2) is 4.22. The molecule has 0 saturated heterocycles. The van der Waals surface area contributed by atoms with Crippen molar-refractivity contribution in [3.8, 4) is 0 Å². The lowest BCUT2D eigenvalue weighted by molar-refractivity contribution is 0.588. The molecule has 14 heavy (non-hydrogen) atoms. The van der Waals surface area contributed by atoms with Crippen LogP contribution in [0.3, 0.4) is 0 Å². The maximum atomic E-state index is 11.2. The average molecular weight is 235 g/mol. The molecule has 1 aromatic heterocycles. The quantitative estimate of drug-likeness (QED) is 0.779. The molecule has 0 fully saturated rings. The van der Waals surface area contributed by atoms with Crippen molar-refractivity contribution < 1.29 is 8.42 Å². The van der Waals surface area contributed by atoms with Gasteiger partial charge in [-0.3, -0.25) is 5.10 Å². The molecule has 0 aliphatic rings. The van der Waals surface area contributed by atoms with Crippen molar-refractivity contribution in [1.82, 2.24) is 14.8 Å². The molecule has 5 nitrogen and oxygen atoms in total. The molecule has 0 atom stereocenters. The van der Waals surface area contributed by atoms with E-state index in [2.05, 4.69) is 10.2 Å². The predicted molar refractivity (Wildman–Crippen MR) is 56.5 cm³/mol. The first-order chi connectivity index (χ1) is 6.46. The lowest BCUT2D eigenvalue weighted by Crippen LogP contribution is -2.15. The van der Waals surface area contributed by atoms with Crippen LogP contribution >= 0.6 is 12.2 Å². The number of nitrogens with zero attached hydrogens (tertiary/aromatic N) is 2. The summed E-state index contributed by atoms with van der Waals surface area (Å²) < 4.78 is 24.6. The molecule has 0 radical (unpaired) electrons. The summed E-state index contributed by atoms with van der Waals surface area (Å²) in [6.07, 6.45) is 0. The molecule has 0 aromatic carbocycles. The fourth-order valence-corrected chi connectivity index (χ4v) is 2.05. The van der Waals surface area contributed by atoms with E-state index in [-0.39, 0.29) is 11.5 Å². The van der Waals surface area contributed by atoms with Crippen LogP contribution in [0.1, 0.15) is 12.7 Å². The average Bonchev–Trinajstić information content (AvgIpc) is 2.44. The fraction of sp³-hybridized carbons (Fsp3) is 0.714. The molecule has 1 rings (SSSR count). The topological polar surface area (TPSA) is 67.8 Å². The molecule has 1 aromatic rings. The Hall–Kier alpha value is -0.690. The summed E-state index contributed by atoms with van der Waals surface area (Å²) in [5.74, 6) is 0.983. The van der Waals surface area contributed by atoms with Gasteiger partial charge in [-0.15, -0.1) is 0 Å². The number of nitrogens with one attached hydrogen (secondary N) is 1. The van der Waals surface area contributed by atoms with Crippen molar-refractivity contribution >= 4 is 22.1 Å². The summed E-state index contributed by atoms with van der Waals surface area (Å²) in [4.78, 5) is 0. The van der Waals surface area contributed by atoms with Gasteiger partial charge in [0.2, 0.25) is 0 Å². The third-order valence-corrected chi connectivity index (χ3v) is 4.01. The maximum absolute atomic E-state index is 11.2. The summed E-state index contributed by atoms with van der Waals surface area (Å²) in [5.41, 5.74) is 0. The minimum absolute atomic E-state index is 0.109. The Morgan fingerprint density at radius 2 is 2.21 bits per heavy atom. The van der Waals surface area contributed by atoms with E-state index >= 15 is 0 Å². The van der Waals surface area contributed by atoms with Crippen LogP contribution in [-0.4, -0.2) is 34.7 Å². The van der Waals surface area contributed by atoms with Crippen LogP contribution in [0.4, 0.5) is 0 Å². The van der Waals surface area contributed by atoms with Crippen LogP contribution in [0.25, 0.3) is 0 Å². The summed E-state index contributed by atoms with van der Waals surface area (Å²) in [6, 6.07) is 0. The van der Waals surface area contributed by atoms with E-state index in [1.807, 2.05) is 0 Å². The summed E-state index contributed by atoms with van der Waals surface area (Å²) in [6.45, 7) is 3.79. The summed E-state index contributed by atoms with van der Waals surface area (Å²) in [5, 5.41) is 6.51. The maximum Gasteiger partial charge on any atom is 0.195 e. The van der Waals surface area contributed by atoms with E-state index in [1.54, 1.807) is 18.4 Å². The van der Waals surface area contributed by atoms with E-state index in [0.717, 1.165) is 0 Å². The van der Waals surface area contributed by atoms with Gasteiger partial charge < -0.3 is 4.57 Å². The molecule has 0 amide bonds. The molecule has 0 aliphatic carbocycles. The van der Waals surface area contributed by atoms with E-state index in [0.29, 0.717) is 17.1 Å². The number of hydrogen-bond acceptors (Lipinski definition) is 4. The first-order valence-electron chi connectivity index (χ1n) is 4.28. The lowest BCUT2D eigenvalue weighted by atomic mass is 10.6. The first-order valence-corrected chi connectivity index (χ1v) is 6.51. The first kappa shape index (κ1) is 11.4. The van der Waals surface area contributed by atoms with Crippen molar-refractivity contribution in [3.05, 3.63) is 10.6 Å². The molecular formula is C7H13N3O2S2. The Morgan fingerprint density at radius 1 is 1.57 bits per heavy atom. The Kier molecular flexibility index (Phi) is 3.43. The Bertz CT molecular complexity index is 458. The summed E-state index contributed by atoms with van der Waals surface area (Å²) >= 11 is 4.95. The summed E-state index contributed by atoms with van der Waals surface area (Å²) in [7, 11) is -2.94. The SMILES string of the molecule is CCS(=O)(=O)CCn1c(C)n[nH]c1=S. The smallest absolute Gasteiger partial charge is 0.195 e. The number of hydrogen-bond donors (Lipinski definition) is 1. The van der Waals surface area contributed by atoms with Crippen LogP contribution in [0, 0.1) is 11.7 Å². The highest BCUT2D eigenvalue weighted by Gasteiger charge is 2.09. The number of H-pyrrole nitrogens is 1. The molecule has 1 heterocycles. The minimum atomic E-state index is -2.94. The zero-order valence-corrected chi connectivity index (χ0v) is 9.78. The van der Waals surface area contributed by atoms with Crippen LogP contribution in [0.15, 0.2) is 0 Å². The van der Waals surface area contributed by atoms with Gasteiger partial charge >= 0.3 is 0 Å². The molecular weight excluding hydrogens is 222 g/mol. The second-order valence-corrected chi connectivity index (χ2v) is 5.82. The Labute approximate surface area is 88.1 Å². The van der Waals surface area contributed by atoms with Crippen LogP contribution in [0.5, 0.6) is 0 Å². The van der Waals surface area contributed by atoms with Gasteiger partial charge in [0.1, 0.15) is 5.82 Å². The van der Waals surface area contributed by atoms with Gasteiger partial charge in [-0.1, -0.05) is 6.92 Å². The normalized spacial score (nSPS) is 11.9. The third kappa shape index (κ3) is 2.65. The molecule has 0 spiro atoms. The molecule has 80 valence electrons. The van der Waals surface area contributed by atoms with Crippen molar-refractivity contribution in [2.75, 3.05) is 11.5 Å². The highest BCUT2D eigenvalue weighted by Crippen LogP contribution is 1.98. The third-order valence-electron chi connectivity index (χ3n) is 2.01. The van der Waals surface area contributed by atoms with Crippen molar-refractivity contribution in [1.29, 1.82) is 0 Å². The van der Waals surface area contributed by atoms with Crippen LogP contribution in [-0.2, 0) is 16.4 Å². The van der Waals surface area contributed by atoms with E-state index in [9.17, 15) is 8.42 Å². The lowest BCUT2D eigenvalue weighted by Gasteiger charge is -2.03. The number of rotatable bonds is 4. The highest BCUT2D eigenvalue weighted by molar-refractivity contribution is 7.91. The van der Waals surface area contributed by atoms with Crippen molar-refractivity contribution in [2.24, 2.45) is 0 Å². The van der Waals surface area contributed by atoms with Gasteiger partial charge in [0.25, 0.3) is 0 Å². The van der Waals surface area contributed by atoms with E-state index in [1.165, 1.54) is 0 Å². The van der Waals surface area contributed by atoms with Gasteiger partial charge in [0.15, 0.2) is 14.6 Å². The molecule has 0 bridgehead atoms. The second-order valence-electron chi connectivity index (χ2n) is 2.96. The molecule has 1 N–H and O–H groups in total. The molecule has 7 heteroatoms. The van der Waals surface area contributed by atoms with Crippen LogP contribution < -0.4 is 0 Å². The molecule has 0 unspecified atom stereocenters. The minimum Gasteiger partial charge on any atom is -0.303 e. The van der Waals surface area contributed by atoms with Gasteiger partial charge in [-0.2, -0.15) is 5.10 Å². The number of aryl methyl sites for hydroxylation is 1. The van der Waals surface area contributed by atoms with E-state index in [4.69, 9.17) is 12.2 Å². The zero-order chi connectivity index (χ0) is 10.8. The monoisotopic (exact) mass is 235 g/mol. The van der Waals surface area contributed by atoms with Gasteiger partial charge in [-0.05, 0) is 19.1 Å².